The number of carbonyl (C=O) groups excluding carboxylic acids is 1. The largest absolute Gasteiger partial charge is 0.307 e. The number of rotatable bonds is 4. The van der Waals surface area contributed by atoms with E-state index in [1.165, 1.54) is 0 Å². The molecule has 20 heavy (non-hydrogen) atoms. The van der Waals surface area contributed by atoms with Crippen LogP contribution in [0.15, 0.2) is 48.5 Å². The molecular formula is C16H15Cl2NO. The summed E-state index contributed by atoms with van der Waals surface area (Å²) < 4.78 is 0. The van der Waals surface area contributed by atoms with Crippen LogP contribution in [0.3, 0.4) is 0 Å². The number of amides is 1. The van der Waals surface area contributed by atoms with Crippen LogP contribution in [0, 0.1) is 6.92 Å². The number of anilines is 1. The van der Waals surface area contributed by atoms with Crippen LogP contribution in [0.2, 0.25) is 5.02 Å². The quantitative estimate of drug-likeness (QED) is 0.766. The standard InChI is InChI=1S/C16H15Cl2NO/c1-12-3-2-4-15(9-12)19(16(20)10-17)11-13-5-7-14(18)8-6-13/h2-9H,10-11H2,1H3. The molecular weight excluding hydrogens is 293 g/mol. The summed E-state index contributed by atoms with van der Waals surface area (Å²) in [5, 5.41) is 0.680. The Hall–Kier alpha value is -1.51. The van der Waals surface area contributed by atoms with Crippen molar-refractivity contribution >= 4 is 34.8 Å². The number of hydrogen-bond acceptors (Lipinski definition) is 1. The van der Waals surface area contributed by atoms with Crippen molar-refractivity contribution in [2.75, 3.05) is 10.8 Å². The Morgan fingerprint density at radius 2 is 1.85 bits per heavy atom. The van der Waals surface area contributed by atoms with Crippen LogP contribution >= 0.6 is 23.2 Å². The predicted octanol–water partition coefficient (Wildman–Crippen LogP) is 4.42. The molecule has 0 aliphatic rings. The van der Waals surface area contributed by atoms with Crippen LogP contribution in [0.4, 0.5) is 5.69 Å². The molecule has 0 fully saturated rings. The van der Waals surface area contributed by atoms with Gasteiger partial charge < -0.3 is 4.90 Å². The summed E-state index contributed by atoms with van der Waals surface area (Å²) in [5.74, 6) is -0.158. The molecule has 2 nitrogen and oxygen atoms in total. The van der Waals surface area contributed by atoms with Gasteiger partial charge >= 0.3 is 0 Å². The zero-order valence-corrected chi connectivity index (χ0v) is 12.7. The molecule has 0 N–H and O–H groups in total. The highest BCUT2D eigenvalue weighted by Crippen LogP contribution is 2.20. The topological polar surface area (TPSA) is 20.3 Å². The summed E-state index contributed by atoms with van der Waals surface area (Å²) in [4.78, 5) is 13.7. The van der Waals surface area contributed by atoms with Gasteiger partial charge in [0, 0.05) is 10.7 Å². The SMILES string of the molecule is Cc1cccc(N(Cc2ccc(Cl)cc2)C(=O)CCl)c1. The molecule has 2 aromatic rings. The van der Waals surface area contributed by atoms with E-state index < -0.39 is 0 Å². The third-order valence-electron chi connectivity index (χ3n) is 2.98. The van der Waals surface area contributed by atoms with Crippen molar-refractivity contribution in [3.63, 3.8) is 0 Å². The first-order valence-electron chi connectivity index (χ1n) is 6.27. The van der Waals surface area contributed by atoms with Gasteiger partial charge in [-0.3, -0.25) is 4.79 Å². The Morgan fingerprint density at radius 3 is 2.45 bits per heavy atom. The smallest absolute Gasteiger partial charge is 0.242 e. The maximum absolute atomic E-state index is 12.1. The predicted molar refractivity (Wildman–Crippen MR) is 84.5 cm³/mol. The van der Waals surface area contributed by atoms with Gasteiger partial charge in [-0.2, -0.15) is 0 Å². The molecule has 0 aliphatic heterocycles. The zero-order chi connectivity index (χ0) is 14.5. The lowest BCUT2D eigenvalue weighted by Gasteiger charge is -2.22. The van der Waals surface area contributed by atoms with E-state index in [9.17, 15) is 4.79 Å². The molecule has 0 spiro atoms. The fraction of sp³-hybridized carbons (Fsp3) is 0.188. The van der Waals surface area contributed by atoms with Crippen molar-refractivity contribution in [2.45, 2.75) is 13.5 Å². The van der Waals surface area contributed by atoms with Gasteiger partial charge in [-0.1, -0.05) is 35.9 Å². The molecule has 0 saturated carbocycles. The fourth-order valence-electron chi connectivity index (χ4n) is 1.96. The molecule has 2 aromatic carbocycles. The molecule has 0 bridgehead atoms. The maximum atomic E-state index is 12.1. The second kappa shape index (κ2) is 6.78. The average Bonchev–Trinajstić information content (AvgIpc) is 2.46. The second-order valence-electron chi connectivity index (χ2n) is 4.58. The lowest BCUT2D eigenvalue weighted by Crippen LogP contribution is -2.31. The first-order valence-corrected chi connectivity index (χ1v) is 7.19. The van der Waals surface area contributed by atoms with Gasteiger partial charge in [-0.15, -0.1) is 11.6 Å². The maximum Gasteiger partial charge on any atom is 0.242 e. The van der Waals surface area contributed by atoms with Crippen molar-refractivity contribution in [3.05, 3.63) is 64.7 Å². The molecule has 0 saturated heterocycles. The number of hydrogen-bond donors (Lipinski definition) is 0. The van der Waals surface area contributed by atoms with Gasteiger partial charge in [-0.25, -0.2) is 0 Å². The Kier molecular flexibility index (Phi) is 5.05. The Balaban J connectivity index is 2.28. The van der Waals surface area contributed by atoms with Crippen LogP contribution in [0.1, 0.15) is 11.1 Å². The lowest BCUT2D eigenvalue weighted by atomic mass is 10.1. The summed E-state index contributed by atoms with van der Waals surface area (Å²) in [7, 11) is 0. The van der Waals surface area contributed by atoms with E-state index >= 15 is 0 Å². The summed E-state index contributed by atoms with van der Waals surface area (Å²) in [6, 6.07) is 15.3. The minimum absolute atomic E-state index is 0.0401. The summed E-state index contributed by atoms with van der Waals surface area (Å²) >= 11 is 11.6. The van der Waals surface area contributed by atoms with Crippen LogP contribution in [-0.4, -0.2) is 11.8 Å². The van der Waals surface area contributed by atoms with Crippen molar-refractivity contribution in [2.24, 2.45) is 0 Å². The molecule has 0 unspecified atom stereocenters. The molecule has 4 heteroatoms. The fourth-order valence-corrected chi connectivity index (χ4v) is 2.23. The van der Waals surface area contributed by atoms with Gasteiger partial charge in [-0.05, 0) is 42.3 Å². The summed E-state index contributed by atoms with van der Waals surface area (Å²) in [5.41, 5.74) is 2.96. The molecule has 0 atom stereocenters. The monoisotopic (exact) mass is 307 g/mol. The minimum atomic E-state index is -0.118. The third kappa shape index (κ3) is 3.75. The van der Waals surface area contributed by atoms with E-state index in [2.05, 4.69) is 0 Å². The van der Waals surface area contributed by atoms with Crippen LogP contribution in [0.25, 0.3) is 0 Å². The average molecular weight is 308 g/mol. The van der Waals surface area contributed by atoms with E-state index in [4.69, 9.17) is 23.2 Å². The Labute approximate surface area is 128 Å². The number of benzene rings is 2. The van der Waals surface area contributed by atoms with E-state index in [-0.39, 0.29) is 11.8 Å². The highest BCUT2D eigenvalue weighted by molar-refractivity contribution is 6.30. The lowest BCUT2D eigenvalue weighted by molar-refractivity contribution is -0.116. The second-order valence-corrected chi connectivity index (χ2v) is 5.28. The normalized spacial score (nSPS) is 10.3. The molecule has 1 amide bonds. The van der Waals surface area contributed by atoms with E-state index in [1.54, 1.807) is 4.90 Å². The number of halogens is 2. The molecule has 0 heterocycles. The minimum Gasteiger partial charge on any atom is -0.307 e. The number of carbonyl (C=O) groups is 1. The van der Waals surface area contributed by atoms with Gasteiger partial charge in [0.05, 0.1) is 6.54 Å². The number of aryl methyl sites for hydroxylation is 1. The molecule has 0 aromatic heterocycles. The van der Waals surface area contributed by atoms with Gasteiger partial charge in [0.25, 0.3) is 0 Å². The van der Waals surface area contributed by atoms with Crippen LogP contribution < -0.4 is 4.90 Å². The zero-order valence-electron chi connectivity index (χ0n) is 11.1. The van der Waals surface area contributed by atoms with Gasteiger partial charge in [0.2, 0.25) is 5.91 Å². The molecule has 104 valence electrons. The third-order valence-corrected chi connectivity index (χ3v) is 3.46. The summed E-state index contributed by atoms with van der Waals surface area (Å²) in [6.45, 7) is 2.47. The van der Waals surface area contributed by atoms with Crippen molar-refractivity contribution in [1.29, 1.82) is 0 Å². The highest BCUT2D eigenvalue weighted by atomic mass is 35.5. The summed E-state index contributed by atoms with van der Waals surface area (Å²) in [6.07, 6.45) is 0. The number of alkyl halides is 1. The first kappa shape index (κ1) is 14.9. The molecule has 0 aliphatic carbocycles. The van der Waals surface area contributed by atoms with Crippen LogP contribution in [-0.2, 0) is 11.3 Å². The van der Waals surface area contributed by atoms with Gasteiger partial charge in [0.1, 0.15) is 5.88 Å². The molecule has 0 radical (unpaired) electrons. The van der Waals surface area contributed by atoms with E-state index in [0.29, 0.717) is 11.6 Å². The highest BCUT2D eigenvalue weighted by Gasteiger charge is 2.15. The first-order chi connectivity index (χ1) is 9.60. The van der Waals surface area contributed by atoms with Crippen molar-refractivity contribution < 1.29 is 4.79 Å². The molecule has 2 rings (SSSR count). The Bertz CT molecular complexity index is 596. The van der Waals surface area contributed by atoms with Crippen molar-refractivity contribution in [1.82, 2.24) is 0 Å². The van der Waals surface area contributed by atoms with Crippen LogP contribution in [0.5, 0.6) is 0 Å². The van der Waals surface area contributed by atoms with Crippen molar-refractivity contribution in [3.8, 4) is 0 Å². The van der Waals surface area contributed by atoms with E-state index in [1.807, 2.05) is 55.5 Å². The Morgan fingerprint density at radius 1 is 1.15 bits per heavy atom. The number of nitrogens with zero attached hydrogens (tertiary/aromatic N) is 1. The van der Waals surface area contributed by atoms with E-state index in [0.717, 1.165) is 16.8 Å². The van der Waals surface area contributed by atoms with Gasteiger partial charge in [0.15, 0.2) is 0 Å².